The molecule has 0 aromatic heterocycles. The van der Waals surface area contributed by atoms with E-state index in [1.165, 1.54) is 19.2 Å². The summed E-state index contributed by atoms with van der Waals surface area (Å²) in [5.41, 5.74) is 10.5. The van der Waals surface area contributed by atoms with E-state index in [0.29, 0.717) is 29.1 Å². The van der Waals surface area contributed by atoms with Gasteiger partial charge in [0.05, 0.1) is 12.8 Å². The Morgan fingerprint density at radius 1 is 1.36 bits per heavy atom. The Morgan fingerprint density at radius 2 is 2.14 bits per heavy atom. The Balaban J connectivity index is 2.02. The van der Waals surface area contributed by atoms with Crippen molar-refractivity contribution in [1.82, 2.24) is 4.90 Å². The molecule has 0 radical (unpaired) electrons. The Hall–Kier alpha value is -3.13. The molecule has 8 heteroatoms. The van der Waals surface area contributed by atoms with E-state index in [2.05, 4.69) is 15.4 Å². The third-order valence-electron chi connectivity index (χ3n) is 5.44. The number of amidine groups is 1. The first kappa shape index (κ1) is 18.2. The van der Waals surface area contributed by atoms with Crippen LogP contribution in [0.5, 0.6) is 5.75 Å². The molecule has 0 saturated carbocycles. The lowest BCUT2D eigenvalue weighted by Gasteiger charge is -2.29. The lowest BCUT2D eigenvalue weighted by Crippen LogP contribution is -2.28. The summed E-state index contributed by atoms with van der Waals surface area (Å²) in [6, 6.07) is 6.20. The van der Waals surface area contributed by atoms with Gasteiger partial charge in [-0.25, -0.2) is 4.39 Å². The van der Waals surface area contributed by atoms with E-state index in [9.17, 15) is 9.18 Å². The van der Waals surface area contributed by atoms with Gasteiger partial charge in [0.2, 0.25) is 5.91 Å². The van der Waals surface area contributed by atoms with E-state index in [1.54, 1.807) is 6.07 Å². The lowest BCUT2D eigenvalue weighted by atomic mass is 9.85. The number of halogens is 1. The number of carbonyl (C=O) groups is 1. The topological polar surface area (TPSA) is 100 Å². The van der Waals surface area contributed by atoms with Crippen LogP contribution in [0.3, 0.4) is 0 Å². The maximum absolute atomic E-state index is 14.1. The summed E-state index contributed by atoms with van der Waals surface area (Å²) in [6.07, 6.45) is 0.748. The SMILES string of the molecule is COc1ccc(F)cc1-c1cc2c(c3c1CCN(C)C3)NC(=O)C2/C(N)=N/O. The number of carbonyl (C=O) groups excluding carboxylic acids is 1. The highest BCUT2D eigenvalue weighted by Crippen LogP contribution is 2.45. The highest BCUT2D eigenvalue weighted by Gasteiger charge is 2.38. The molecular formula is C20H21FN4O3. The zero-order valence-electron chi connectivity index (χ0n) is 15.6. The van der Waals surface area contributed by atoms with Gasteiger partial charge in [0.15, 0.2) is 5.84 Å². The normalized spacial score (nSPS) is 19.2. The van der Waals surface area contributed by atoms with E-state index >= 15 is 0 Å². The minimum atomic E-state index is -0.893. The fraction of sp³-hybridized carbons (Fsp3) is 0.300. The first-order valence-electron chi connectivity index (χ1n) is 8.94. The maximum Gasteiger partial charge on any atom is 0.239 e. The summed E-state index contributed by atoms with van der Waals surface area (Å²) >= 11 is 0. The predicted molar refractivity (Wildman–Crippen MR) is 103 cm³/mol. The van der Waals surface area contributed by atoms with Gasteiger partial charge in [-0.1, -0.05) is 5.16 Å². The summed E-state index contributed by atoms with van der Waals surface area (Å²) in [7, 11) is 3.54. The number of likely N-dealkylation sites (N-methyl/N-ethyl adjacent to an activating group) is 1. The first-order valence-corrected chi connectivity index (χ1v) is 8.94. The van der Waals surface area contributed by atoms with Crippen molar-refractivity contribution in [3.8, 4) is 16.9 Å². The Labute approximate surface area is 161 Å². The van der Waals surface area contributed by atoms with Crippen molar-refractivity contribution in [3.05, 3.63) is 46.8 Å². The van der Waals surface area contributed by atoms with Crippen LogP contribution in [0.25, 0.3) is 11.1 Å². The highest BCUT2D eigenvalue weighted by atomic mass is 19.1. The molecule has 0 saturated heterocycles. The van der Waals surface area contributed by atoms with E-state index in [0.717, 1.165) is 29.7 Å². The number of amides is 1. The minimum absolute atomic E-state index is 0.183. The van der Waals surface area contributed by atoms with Crippen LogP contribution in [0, 0.1) is 5.82 Å². The average Bonchev–Trinajstić information content (AvgIpc) is 3.02. The summed E-state index contributed by atoms with van der Waals surface area (Å²) < 4.78 is 19.5. The Morgan fingerprint density at radius 3 is 2.86 bits per heavy atom. The number of oxime groups is 1. The maximum atomic E-state index is 14.1. The summed E-state index contributed by atoms with van der Waals surface area (Å²) in [4.78, 5) is 14.7. The van der Waals surface area contributed by atoms with Crippen molar-refractivity contribution in [2.45, 2.75) is 18.9 Å². The molecule has 1 unspecified atom stereocenters. The molecule has 7 nitrogen and oxygen atoms in total. The van der Waals surface area contributed by atoms with Crippen LogP contribution in [0.15, 0.2) is 29.4 Å². The molecule has 0 bridgehead atoms. The van der Waals surface area contributed by atoms with Gasteiger partial charge >= 0.3 is 0 Å². The van der Waals surface area contributed by atoms with Crippen LogP contribution in [-0.2, 0) is 17.8 Å². The molecule has 1 amide bonds. The molecule has 2 aromatic rings. The second kappa shape index (κ2) is 6.79. The van der Waals surface area contributed by atoms with Gasteiger partial charge in [-0.2, -0.15) is 0 Å². The molecule has 1 atom stereocenters. The number of hydrogen-bond donors (Lipinski definition) is 3. The number of hydrogen-bond acceptors (Lipinski definition) is 5. The van der Waals surface area contributed by atoms with Gasteiger partial charge < -0.3 is 25.9 Å². The van der Waals surface area contributed by atoms with Crippen molar-refractivity contribution < 1.29 is 19.1 Å². The third kappa shape index (κ3) is 2.77. The third-order valence-corrected chi connectivity index (χ3v) is 5.44. The van der Waals surface area contributed by atoms with Crippen LogP contribution in [0.1, 0.15) is 22.6 Å². The van der Waals surface area contributed by atoms with Crippen molar-refractivity contribution in [2.75, 3.05) is 26.0 Å². The molecule has 4 N–H and O–H groups in total. The fourth-order valence-electron chi connectivity index (χ4n) is 4.11. The Bertz CT molecular complexity index is 1010. The molecule has 0 spiro atoms. The number of fused-ring (bicyclic) bond motifs is 3. The number of nitrogens with two attached hydrogens (primary N) is 1. The van der Waals surface area contributed by atoms with Gasteiger partial charge in [-0.05, 0) is 60.0 Å². The van der Waals surface area contributed by atoms with Crippen LogP contribution in [0.2, 0.25) is 0 Å². The number of rotatable bonds is 3. The molecule has 0 fully saturated rings. The summed E-state index contributed by atoms with van der Waals surface area (Å²) in [5, 5.41) is 15.1. The predicted octanol–water partition coefficient (Wildman–Crippen LogP) is 2.27. The molecule has 146 valence electrons. The smallest absolute Gasteiger partial charge is 0.239 e. The average molecular weight is 384 g/mol. The molecule has 2 aromatic carbocycles. The minimum Gasteiger partial charge on any atom is -0.496 e. The fourth-order valence-corrected chi connectivity index (χ4v) is 4.11. The van der Waals surface area contributed by atoms with Gasteiger partial charge in [0.1, 0.15) is 17.5 Å². The molecule has 0 aliphatic carbocycles. The van der Waals surface area contributed by atoms with Crippen LogP contribution in [-0.4, -0.2) is 42.6 Å². The van der Waals surface area contributed by atoms with E-state index < -0.39 is 5.92 Å². The molecular weight excluding hydrogens is 363 g/mol. The van der Waals surface area contributed by atoms with Crippen molar-refractivity contribution in [2.24, 2.45) is 10.9 Å². The number of nitrogens with one attached hydrogen (secondary N) is 1. The lowest BCUT2D eigenvalue weighted by molar-refractivity contribution is -0.115. The molecule has 2 aliphatic heterocycles. The Kier molecular flexibility index (Phi) is 4.43. The second-order valence-electron chi connectivity index (χ2n) is 7.12. The molecule has 2 aliphatic rings. The van der Waals surface area contributed by atoms with Gasteiger partial charge in [-0.3, -0.25) is 4.79 Å². The number of ether oxygens (including phenoxy) is 1. The zero-order valence-corrected chi connectivity index (χ0v) is 15.6. The van der Waals surface area contributed by atoms with Crippen LogP contribution in [0.4, 0.5) is 10.1 Å². The molecule has 28 heavy (non-hydrogen) atoms. The number of anilines is 1. The highest BCUT2D eigenvalue weighted by molar-refractivity contribution is 6.18. The van der Waals surface area contributed by atoms with Crippen LogP contribution >= 0.6 is 0 Å². The van der Waals surface area contributed by atoms with E-state index in [1.807, 2.05) is 13.1 Å². The number of nitrogens with zero attached hydrogens (tertiary/aromatic N) is 2. The van der Waals surface area contributed by atoms with Gasteiger partial charge in [0.25, 0.3) is 0 Å². The molecule has 4 rings (SSSR count). The van der Waals surface area contributed by atoms with Gasteiger partial charge in [0, 0.05) is 18.7 Å². The monoisotopic (exact) mass is 384 g/mol. The van der Waals surface area contributed by atoms with E-state index in [4.69, 9.17) is 15.7 Å². The standard InChI is InChI=1S/C20H21FN4O3/c1-25-6-5-11-12(13-7-10(21)3-4-16(13)28-2)8-14-17(19(22)24-27)20(26)23-18(14)15(11)9-25/h3-4,7-8,17,27H,5-6,9H2,1-2H3,(H2,22,24)(H,23,26). The number of benzene rings is 2. The van der Waals surface area contributed by atoms with Gasteiger partial charge in [-0.15, -0.1) is 0 Å². The first-order chi connectivity index (χ1) is 13.4. The quantitative estimate of drug-likeness (QED) is 0.326. The largest absolute Gasteiger partial charge is 0.496 e. The summed E-state index contributed by atoms with van der Waals surface area (Å²) in [6.45, 7) is 1.47. The second-order valence-corrected chi connectivity index (χ2v) is 7.12. The van der Waals surface area contributed by atoms with Crippen molar-refractivity contribution >= 4 is 17.4 Å². The zero-order chi connectivity index (χ0) is 20.0. The summed E-state index contributed by atoms with van der Waals surface area (Å²) in [5.74, 6) is -1.25. The van der Waals surface area contributed by atoms with E-state index in [-0.39, 0.29) is 17.6 Å². The number of methoxy groups -OCH3 is 1. The van der Waals surface area contributed by atoms with Crippen molar-refractivity contribution in [3.63, 3.8) is 0 Å². The van der Waals surface area contributed by atoms with Crippen molar-refractivity contribution in [1.29, 1.82) is 0 Å². The van der Waals surface area contributed by atoms with Crippen LogP contribution < -0.4 is 15.8 Å². The molecule has 2 heterocycles.